The molecule has 2 aromatic carbocycles. The number of methoxy groups -OCH3 is 3. The molecule has 1 atom stereocenters. The van der Waals surface area contributed by atoms with E-state index >= 15 is 0 Å². The maximum absolute atomic E-state index is 13.4. The molecule has 0 bridgehead atoms. The quantitative estimate of drug-likeness (QED) is 0.731. The van der Waals surface area contributed by atoms with Gasteiger partial charge in [-0.3, -0.25) is 4.79 Å². The zero-order chi connectivity index (χ0) is 19.7. The highest BCUT2D eigenvalue weighted by Gasteiger charge is 2.34. The van der Waals surface area contributed by atoms with Gasteiger partial charge in [-0.05, 0) is 25.0 Å². The molecule has 1 N–H and O–H groups in total. The summed E-state index contributed by atoms with van der Waals surface area (Å²) in [4.78, 5) is 23.3. The Kier molecular flexibility index (Phi) is 4.81. The third kappa shape index (κ3) is 3.02. The number of hydrogen-bond acceptors (Lipinski definition) is 5. The Hall–Kier alpha value is -3.22. The number of likely N-dealkylation sites (tertiary alicyclic amines) is 1. The van der Waals surface area contributed by atoms with Crippen LogP contribution >= 0.6 is 0 Å². The van der Waals surface area contributed by atoms with Crippen molar-refractivity contribution in [1.29, 1.82) is 0 Å². The molecule has 1 aliphatic heterocycles. The van der Waals surface area contributed by atoms with Crippen molar-refractivity contribution in [2.45, 2.75) is 18.9 Å². The Labute approximate surface area is 163 Å². The summed E-state index contributed by atoms with van der Waals surface area (Å²) >= 11 is 0. The largest absolute Gasteiger partial charge is 0.496 e. The first-order valence-corrected chi connectivity index (χ1v) is 9.22. The molecule has 7 heteroatoms. The minimum Gasteiger partial charge on any atom is -0.496 e. The SMILES string of the molecule is COc1cc(OC)c(C(=O)N2CCC[C@H]2c2nc3ccccc3[nH]2)cc1OC. The maximum atomic E-state index is 13.4. The molecule has 1 amide bonds. The van der Waals surface area contributed by atoms with Gasteiger partial charge in [-0.25, -0.2) is 4.98 Å². The number of amides is 1. The van der Waals surface area contributed by atoms with Crippen molar-refractivity contribution in [1.82, 2.24) is 14.9 Å². The lowest BCUT2D eigenvalue weighted by Gasteiger charge is -2.24. The van der Waals surface area contributed by atoms with Gasteiger partial charge < -0.3 is 24.1 Å². The number of ether oxygens (including phenoxy) is 3. The van der Waals surface area contributed by atoms with E-state index in [1.807, 2.05) is 29.2 Å². The van der Waals surface area contributed by atoms with E-state index in [4.69, 9.17) is 19.2 Å². The van der Waals surface area contributed by atoms with E-state index in [0.717, 1.165) is 29.7 Å². The highest BCUT2D eigenvalue weighted by molar-refractivity contribution is 5.98. The molecule has 3 aromatic rings. The van der Waals surface area contributed by atoms with Gasteiger partial charge in [0.1, 0.15) is 11.6 Å². The fraction of sp³-hybridized carbons (Fsp3) is 0.333. The number of carbonyl (C=O) groups is 1. The van der Waals surface area contributed by atoms with Crippen LogP contribution in [0.4, 0.5) is 0 Å². The van der Waals surface area contributed by atoms with Gasteiger partial charge in [0.25, 0.3) is 5.91 Å². The van der Waals surface area contributed by atoms with Gasteiger partial charge in [-0.2, -0.15) is 0 Å². The lowest BCUT2D eigenvalue weighted by atomic mass is 10.1. The normalized spacial score (nSPS) is 16.4. The number of aromatic nitrogens is 2. The Morgan fingerprint density at radius 1 is 1.07 bits per heavy atom. The van der Waals surface area contributed by atoms with E-state index in [1.54, 1.807) is 33.5 Å². The smallest absolute Gasteiger partial charge is 0.258 e. The van der Waals surface area contributed by atoms with E-state index < -0.39 is 0 Å². The third-order valence-corrected chi connectivity index (χ3v) is 5.17. The molecule has 7 nitrogen and oxygen atoms in total. The number of H-pyrrole nitrogens is 1. The molecule has 146 valence electrons. The predicted molar refractivity (Wildman–Crippen MR) is 105 cm³/mol. The minimum absolute atomic E-state index is 0.0993. The van der Waals surface area contributed by atoms with Crippen LogP contribution in [0.25, 0.3) is 11.0 Å². The van der Waals surface area contributed by atoms with Crippen molar-refractivity contribution >= 4 is 16.9 Å². The Morgan fingerprint density at radius 2 is 1.79 bits per heavy atom. The van der Waals surface area contributed by atoms with E-state index in [9.17, 15) is 4.79 Å². The Bertz CT molecular complexity index is 981. The molecular weight excluding hydrogens is 358 g/mol. The van der Waals surface area contributed by atoms with Crippen LogP contribution in [0.15, 0.2) is 36.4 Å². The van der Waals surface area contributed by atoms with Gasteiger partial charge in [-0.1, -0.05) is 12.1 Å². The molecule has 4 rings (SSSR count). The number of hydrogen-bond donors (Lipinski definition) is 1. The standard InChI is InChI=1S/C21H23N3O4/c1-26-17-12-19(28-3)18(27-2)11-13(17)21(25)24-10-6-9-16(24)20-22-14-7-4-5-8-15(14)23-20/h4-5,7-8,11-12,16H,6,9-10H2,1-3H3,(H,22,23)/t16-/m0/s1. The molecule has 1 saturated heterocycles. The van der Waals surface area contributed by atoms with Crippen molar-refractivity contribution in [3.8, 4) is 17.2 Å². The number of aromatic amines is 1. The summed E-state index contributed by atoms with van der Waals surface area (Å²) in [7, 11) is 4.64. The summed E-state index contributed by atoms with van der Waals surface area (Å²) in [6.07, 6.45) is 1.78. The number of imidazole rings is 1. The molecule has 0 aliphatic carbocycles. The average Bonchev–Trinajstić information content (AvgIpc) is 3.38. The van der Waals surface area contributed by atoms with Crippen LogP contribution in [0.1, 0.15) is 35.1 Å². The Balaban J connectivity index is 1.70. The minimum atomic E-state index is -0.110. The summed E-state index contributed by atoms with van der Waals surface area (Å²) in [5.41, 5.74) is 2.32. The highest BCUT2D eigenvalue weighted by atomic mass is 16.5. The van der Waals surface area contributed by atoms with Crippen LogP contribution in [0.5, 0.6) is 17.2 Å². The van der Waals surface area contributed by atoms with Crippen LogP contribution in [-0.4, -0.2) is 48.6 Å². The summed E-state index contributed by atoms with van der Waals surface area (Å²) in [5.74, 6) is 2.17. The molecular formula is C21H23N3O4. The van der Waals surface area contributed by atoms with Crippen LogP contribution in [-0.2, 0) is 0 Å². The topological polar surface area (TPSA) is 76.7 Å². The molecule has 2 heterocycles. The summed E-state index contributed by atoms with van der Waals surface area (Å²) < 4.78 is 16.1. The molecule has 0 radical (unpaired) electrons. The lowest BCUT2D eigenvalue weighted by Crippen LogP contribution is -2.31. The van der Waals surface area contributed by atoms with Gasteiger partial charge in [0.05, 0.1) is 44.0 Å². The predicted octanol–water partition coefficient (Wildman–Crippen LogP) is 3.57. The van der Waals surface area contributed by atoms with Crippen molar-refractivity contribution < 1.29 is 19.0 Å². The maximum Gasteiger partial charge on any atom is 0.258 e. The molecule has 1 aromatic heterocycles. The number of nitrogens with one attached hydrogen (secondary N) is 1. The van der Waals surface area contributed by atoms with Crippen LogP contribution in [0, 0.1) is 0 Å². The zero-order valence-electron chi connectivity index (χ0n) is 16.2. The fourth-order valence-electron chi connectivity index (χ4n) is 3.78. The second-order valence-electron chi connectivity index (χ2n) is 6.70. The summed E-state index contributed by atoms with van der Waals surface area (Å²) in [6.45, 7) is 0.665. The first kappa shape index (κ1) is 18.2. The first-order valence-electron chi connectivity index (χ1n) is 9.22. The van der Waals surface area contributed by atoms with Crippen molar-refractivity contribution in [2.24, 2.45) is 0 Å². The second kappa shape index (κ2) is 7.42. The third-order valence-electron chi connectivity index (χ3n) is 5.17. The van der Waals surface area contributed by atoms with Gasteiger partial charge in [-0.15, -0.1) is 0 Å². The monoisotopic (exact) mass is 381 g/mol. The van der Waals surface area contributed by atoms with E-state index in [-0.39, 0.29) is 11.9 Å². The number of rotatable bonds is 5. The first-order chi connectivity index (χ1) is 13.7. The number of fused-ring (bicyclic) bond motifs is 1. The van der Waals surface area contributed by atoms with E-state index in [1.165, 1.54) is 0 Å². The van der Waals surface area contributed by atoms with E-state index in [0.29, 0.717) is 29.4 Å². The molecule has 1 fully saturated rings. The lowest BCUT2D eigenvalue weighted by molar-refractivity contribution is 0.0726. The molecule has 0 spiro atoms. The number of benzene rings is 2. The number of para-hydroxylation sites is 2. The molecule has 0 unspecified atom stereocenters. The molecule has 28 heavy (non-hydrogen) atoms. The molecule has 0 saturated carbocycles. The summed E-state index contributed by atoms with van der Waals surface area (Å²) in [6, 6.07) is 11.1. The molecule has 1 aliphatic rings. The van der Waals surface area contributed by atoms with Gasteiger partial charge in [0.15, 0.2) is 11.5 Å². The number of nitrogens with zero attached hydrogens (tertiary/aromatic N) is 2. The fourth-order valence-corrected chi connectivity index (χ4v) is 3.78. The van der Waals surface area contributed by atoms with Crippen molar-refractivity contribution in [3.63, 3.8) is 0 Å². The zero-order valence-corrected chi connectivity index (χ0v) is 16.2. The van der Waals surface area contributed by atoms with Crippen molar-refractivity contribution in [3.05, 3.63) is 47.8 Å². The van der Waals surface area contributed by atoms with Crippen LogP contribution < -0.4 is 14.2 Å². The average molecular weight is 381 g/mol. The Morgan fingerprint density at radius 3 is 2.50 bits per heavy atom. The van der Waals surface area contributed by atoms with Crippen LogP contribution in [0.3, 0.4) is 0 Å². The highest BCUT2D eigenvalue weighted by Crippen LogP contribution is 2.38. The van der Waals surface area contributed by atoms with Gasteiger partial charge in [0, 0.05) is 18.7 Å². The van der Waals surface area contributed by atoms with E-state index in [2.05, 4.69) is 4.98 Å². The van der Waals surface area contributed by atoms with Gasteiger partial charge in [0.2, 0.25) is 0 Å². The van der Waals surface area contributed by atoms with Crippen molar-refractivity contribution in [2.75, 3.05) is 27.9 Å². The second-order valence-corrected chi connectivity index (χ2v) is 6.70. The number of carbonyl (C=O) groups excluding carboxylic acids is 1. The van der Waals surface area contributed by atoms with Gasteiger partial charge >= 0.3 is 0 Å². The summed E-state index contributed by atoms with van der Waals surface area (Å²) in [5, 5.41) is 0. The van der Waals surface area contributed by atoms with Crippen LogP contribution in [0.2, 0.25) is 0 Å².